The fourth-order valence-electron chi connectivity index (χ4n) is 2.49. The van der Waals surface area contributed by atoms with Gasteiger partial charge >= 0.3 is 0 Å². The molecule has 0 radical (unpaired) electrons. The fourth-order valence-corrected chi connectivity index (χ4v) is 3.26. The molecular formula is C14H19N3O2S. The standard InChI is InChI=1S/C14H19N3O2S/c1-18-11-6-9-10(7-12(11)19-2)17(13(15)16-9)8-14(20-3)4-5-14/h6-7H,4-5,8H2,1-3H3,(H2,15,16). The van der Waals surface area contributed by atoms with Crippen LogP contribution in [0.1, 0.15) is 12.8 Å². The summed E-state index contributed by atoms with van der Waals surface area (Å²) in [5.74, 6) is 1.93. The highest BCUT2D eigenvalue weighted by atomic mass is 32.2. The second-order valence-electron chi connectivity index (χ2n) is 5.14. The van der Waals surface area contributed by atoms with Crippen molar-refractivity contribution in [2.75, 3.05) is 26.2 Å². The fraction of sp³-hybridized carbons (Fsp3) is 0.500. The second-order valence-corrected chi connectivity index (χ2v) is 6.41. The number of hydrogen-bond donors (Lipinski definition) is 1. The third-order valence-electron chi connectivity index (χ3n) is 3.97. The van der Waals surface area contributed by atoms with Crippen LogP contribution in [0.3, 0.4) is 0 Å². The van der Waals surface area contributed by atoms with Crippen molar-refractivity contribution in [3.05, 3.63) is 12.1 Å². The molecule has 0 saturated heterocycles. The van der Waals surface area contributed by atoms with Crippen LogP contribution in [-0.2, 0) is 6.54 Å². The summed E-state index contributed by atoms with van der Waals surface area (Å²) in [6.07, 6.45) is 4.63. The maximum atomic E-state index is 6.09. The Morgan fingerprint density at radius 2 is 1.95 bits per heavy atom. The van der Waals surface area contributed by atoms with Crippen LogP contribution in [0.15, 0.2) is 12.1 Å². The van der Waals surface area contributed by atoms with Crippen LogP contribution in [0.2, 0.25) is 0 Å². The third kappa shape index (κ3) is 2.08. The Morgan fingerprint density at radius 3 is 2.50 bits per heavy atom. The average molecular weight is 293 g/mol. The normalized spacial score (nSPS) is 16.4. The maximum absolute atomic E-state index is 6.09. The summed E-state index contributed by atoms with van der Waals surface area (Å²) in [5, 5.41) is 0. The van der Waals surface area contributed by atoms with Crippen LogP contribution < -0.4 is 15.2 Å². The number of nitrogens with zero attached hydrogens (tertiary/aromatic N) is 2. The molecule has 20 heavy (non-hydrogen) atoms. The molecule has 6 heteroatoms. The molecule has 0 bridgehead atoms. The van der Waals surface area contributed by atoms with Crippen LogP contribution >= 0.6 is 11.8 Å². The van der Waals surface area contributed by atoms with Gasteiger partial charge in [-0.2, -0.15) is 11.8 Å². The van der Waals surface area contributed by atoms with E-state index >= 15 is 0 Å². The minimum absolute atomic E-state index is 0.328. The highest BCUT2D eigenvalue weighted by molar-refractivity contribution is 8.00. The molecule has 0 amide bonds. The minimum Gasteiger partial charge on any atom is -0.493 e. The smallest absolute Gasteiger partial charge is 0.201 e. The van der Waals surface area contributed by atoms with E-state index in [4.69, 9.17) is 15.2 Å². The molecule has 1 aromatic carbocycles. The first-order valence-corrected chi connectivity index (χ1v) is 7.78. The Morgan fingerprint density at radius 1 is 1.30 bits per heavy atom. The third-order valence-corrected chi connectivity index (χ3v) is 5.37. The summed E-state index contributed by atoms with van der Waals surface area (Å²) in [5.41, 5.74) is 7.93. The summed E-state index contributed by atoms with van der Waals surface area (Å²) in [6.45, 7) is 0.895. The van der Waals surface area contributed by atoms with Gasteiger partial charge in [-0.1, -0.05) is 0 Å². The van der Waals surface area contributed by atoms with E-state index in [9.17, 15) is 0 Å². The molecule has 3 rings (SSSR count). The van der Waals surface area contributed by atoms with Gasteiger partial charge in [-0.15, -0.1) is 0 Å². The highest BCUT2D eigenvalue weighted by Gasteiger charge is 2.42. The molecule has 1 heterocycles. The van der Waals surface area contributed by atoms with Gasteiger partial charge in [-0.05, 0) is 19.1 Å². The van der Waals surface area contributed by atoms with Gasteiger partial charge in [0.2, 0.25) is 5.95 Å². The number of rotatable bonds is 5. The van der Waals surface area contributed by atoms with Gasteiger partial charge in [0.15, 0.2) is 11.5 Å². The lowest BCUT2D eigenvalue weighted by Gasteiger charge is -2.15. The number of nitrogens with two attached hydrogens (primary N) is 1. The number of ether oxygens (including phenoxy) is 2. The van der Waals surface area contributed by atoms with Gasteiger partial charge in [0.05, 0.1) is 25.3 Å². The predicted molar refractivity (Wildman–Crippen MR) is 82.7 cm³/mol. The zero-order valence-electron chi connectivity index (χ0n) is 12.0. The predicted octanol–water partition coefficient (Wildman–Crippen LogP) is 2.53. The lowest BCUT2D eigenvalue weighted by Crippen LogP contribution is -2.15. The Labute approximate surface area is 122 Å². The molecule has 2 N–H and O–H groups in total. The molecule has 0 aliphatic heterocycles. The summed E-state index contributed by atoms with van der Waals surface area (Å²) in [7, 11) is 3.26. The molecule has 0 unspecified atom stereocenters. The quantitative estimate of drug-likeness (QED) is 0.918. The zero-order chi connectivity index (χ0) is 14.3. The molecule has 0 atom stereocenters. The van der Waals surface area contributed by atoms with Crippen LogP contribution in [0, 0.1) is 0 Å². The first-order valence-electron chi connectivity index (χ1n) is 6.55. The Hall–Kier alpha value is -1.56. The topological polar surface area (TPSA) is 62.3 Å². The highest BCUT2D eigenvalue weighted by Crippen LogP contribution is 2.49. The van der Waals surface area contributed by atoms with E-state index in [2.05, 4.69) is 15.8 Å². The van der Waals surface area contributed by atoms with E-state index in [1.807, 2.05) is 23.9 Å². The molecule has 1 aromatic heterocycles. The number of benzene rings is 1. The number of anilines is 1. The Kier molecular flexibility index (Phi) is 3.20. The van der Waals surface area contributed by atoms with Crippen LogP contribution in [0.5, 0.6) is 11.5 Å². The monoisotopic (exact) mass is 293 g/mol. The van der Waals surface area contributed by atoms with Crippen LogP contribution in [-0.4, -0.2) is 34.8 Å². The lowest BCUT2D eigenvalue weighted by molar-refractivity contribution is 0.355. The van der Waals surface area contributed by atoms with Crippen molar-refractivity contribution in [1.29, 1.82) is 0 Å². The molecule has 1 saturated carbocycles. The van der Waals surface area contributed by atoms with Crippen molar-refractivity contribution >= 4 is 28.7 Å². The lowest BCUT2D eigenvalue weighted by atomic mass is 10.2. The number of thioether (sulfide) groups is 1. The number of hydrogen-bond acceptors (Lipinski definition) is 5. The van der Waals surface area contributed by atoms with Crippen molar-refractivity contribution < 1.29 is 9.47 Å². The van der Waals surface area contributed by atoms with E-state index in [1.165, 1.54) is 12.8 Å². The van der Waals surface area contributed by atoms with Crippen molar-refractivity contribution in [1.82, 2.24) is 9.55 Å². The molecule has 1 aliphatic rings. The van der Waals surface area contributed by atoms with E-state index in [0.29, 0.717) is 22.2 Å². The number of aromatic nitrogens is 2. The summed E-state index contributed by atoms with van der Waals surface area (Å²) in [4.78, 5) is 4.44. The summed E-state index contributed by atoms with van der Waals surface area (Å²) >= 11 is 1.91. The van der Waals surface area contributed by atoms with Gasteiger partial charge in [-0.25, -0.2) is 4.98 Å². The zero-order valence-corrected chi connectivity index (χ0v) is 12.8. The number of fused-ring (bicyclic) bond motifs is 1. The number of imidazole rings is 1. The second kappa shape index (κ2) is 4.77. The van der Waals surface area contributed by atoms with E-state index in [1.54, 1.807) is 14.2 Å². The maximum Gasteiger partial charge on any atom is 0.201 e. The molecule has 108 valence electrons. The Bertz CT molecular complexity index is 649. The van der Waals surface area contributed by atoms with Crippen molar-refractivity contribution in [3.8, 4) is 11.5 Å². The number of nitrogen functional groups attached to an aromatic ring is 1. The van der Waals surface area contributed by atoms with Gasteiger partial charge < -0.3 is 19.8 Å². The van der Waals surface area contributed by atoms with E-state index in [-0.39, 0.29) is 0 Å². The Balaban J connectivity index is 2.09. The summed E-state index contributed by atoms with van der Waals surface area (Å²) < 4.78 is 13.1. The first kappa shape index (κ1) is 13.4. The molecular weight excluding hydrogens is 274 g/mol. The van der Waals surface area contributed by atoms with Gasteiger partial charge in [-0.3, -0.25) is 0 Å². The SMILES string of the molecule is COc1cc2nc(N)n(CC3(SC)CC3)c2cc1OC. The van der Waals surface area contributed by atoms with Crippen LogP contribution in [0.4, 0.5) is 5.95 Å². The van der Waals surface area contributed by atoms with Crippen molar-refractivity contribution in [2.24, 2.45) is 0 Å². The molecule has 5 nitrogen and oxygen atoms in total. The van der Waals surface area contributed by atoms with Gasteiger partial charge in [0.1, 0.15) is 0 Å². The summed E-state index contributed by atoms with van der Waals surface area (Å²) in [6, 6.07) is 3.83. The molecule has 1 fully saturated rings. The van der Waals surface area contributed by atoms with Gasteiger partial charge in [0.25, 0.3) is 0 Å². The molecule has 1 aliphatic carbocycles. The first-order chi connectivity index (χ1) is 9.62. The molecule has 0 spiro atoms. The van der Waals surface area contributed by atoms with Crippen LogP contribution in [0.25, 0.3) is 11.0 Å². The molecule has 2 aromatic rings. The minimum atomic E-state index is 0.328. The van der Waals surface area contributed by atoms with E-state index < -0.39 is 0 Å². The van der Waals surface area contributed by atoms with Gasteiger partial charge in [0, 0.05) is 23.4 Å². The average Bonchev–Trinajstić information content (AvgIpc) is 3.18. The largest absolute Gasteiger partial charge is 0.493 e. The van der Waals surface area contributed by atoms with E-state index in [0.717, 1.165) is 17.6 Å². The van der Waals surface area contributed by atoms with Crippen molar-refractivity contribution in [3.63, 3.8) is 0 Å². The number of methoxy groups -OCH3 is 2. The van der Waals surface area contributed by atoms with Crippen molar-refractivity contribution in [2.45, 2.75) is 24.1 Å².